The molecule has 1 unspecified atom stereocenters. The van der Waals surface area contributed by atoms with E-state index in [0.717, 1.165) is 12.1 Å². The first-order chi connectivity index (χ1) is 9.97. The molecule has 0 radical (unpaired) electrons. The largest absolute Gasteiger partial charge is 0.352 e. The highest BCUT2D eigenvalue weighted by molar-refractivity contribution is 5.98. The van der Waals surface area contributed by atoms with Gasteiger partial charge in [-0.15, -0.1) is 0 Å². The number of carbonyl (C=O) groups excluding carboxylic acids is 3. The number of primary amides is 1. The summed E-state index contributed by atoms with van der Waals surface area (Å²) in [6, 6.07) is 5.55. The number of urea groups is 1. The van der Waals surface area contributed by atoms with Gasteiger partial charge < -0.3 is 21.3 Å². The second-order valence-electron chi connectivity index (χ2n) is 4.92. The highest BCUT2D eigenvalue weighted by Gasteiger charge is 2.22. The van der Waals surface area contributed by atoms with Gasteiger partial charge in [-0.1, -0.05) is 6.07 Å². The highest BCUT2D eigenvalue weighted by atomic mass is 16.2. The molecule has 1 saturated heterocycles. The maximum Gasteiger partial charge on any atom is 0.312 e. The van der Waals surface area contributed by atoms with E-state index >= 15 is 0 Å². The van der Waals surface area contributed by atoms with Gasteiger partial charge in [0.15, 0.2) is 0 Å². The van der Waals surface area contributed by atoms with Gasteiger partial charge in [-0.05, 0) is 31.5 Å². The molecule has 0 saturated carbocycles. The molecule has 1 aromatic rings. The van der Waals surface area contributed by atoms with E-state index in [9.17, 15) is 14.4 Å². The Bertz CT molecular complexity index is 573. The Morgan fingerprint density at radius 1 is 1.38 bits per heavy atom. The molecule has 2 rings (SSSR count). The highest BCUT2D eigenvalue weighted by Crippen LogP contribution is 2.24. The van der Waals surface area contributed by atoms with Crippen molar-refractivity contribution in [2.75, 3.05) is 16.8 Å². The Labute approximate surface area is 122 Å². The lowest BCUT2D eigenvalue weighted by molar-refractivity contribution is -0.118. The predicted molar refractivity (Wildman–Crippen MR) is 78.8 cm³/mol. The number of amides is 4. The first kappa shape index (κ1) is 14.8. The summed E-state index contributed by atoms with van der Waals surface area (Å²) in [6.45, 7) is 2.23. The summed E-state index contributed by atoms with van der Waals surface area (Å²) < 4.78 is 0. The van der Waals surface area contributed by atoms with E-state index in [0.29, 0.717) is 18.7 Å². The van der Waals surface area contributed by atoms with Crippen molar-refractivity contribution in [2.24, 2.45) is 5.73 Å². The molecule has 0 bridgehead atoms. The Kier molecular flexibility index (Phi) is 4.42. The van der Waals surface area contributed by atoms with Gasteiger partial charge >= 0.3 is 6.03 Å². The maximum atomic E-state index is 11.9. The second-order valence-corrected chi connectivity index (χ2v) is 4.92. The molecule has 7 nitrogen and oxygen atoms in total. The summed E-state index contributed by atoms with van der Waals surface area (Å²) in [6.07, 6.45) is 1.39. The standard InChI is InChI=1S/C14H18N4O3/c1-9(16-14(15)21)13(20)17-10-4-2-5-11(8-10)18-7-3-6-12(18)19/h2,4-5,8-9H,3,6-7H2,1H3,(H,17,20)(H3,15,16,21). The van der Waals surface area contributed by atoms with E-state index in [-0.39, 0.29) is 11.8 Å². The molecule has 4 amide bonds. The number of benzene rings is 1. The predicted octanol–water partition coefficient (Wildman–Crippen LogP) is 0.809. The van der Waals surface area contributed by atoms with Crippen molar-refractivity contribution in [1.82, 2.24) is 5.32 Å². The SMILES string of the molecule is CC(NC(N)=O)C(=O)Nc1cccc(N2CCCC2=O)c1. The number of nitrogens with two attached hydrogens (primary N) is 1. The maximum absolute atomic E-state index is 11.9. The van der Waals surface area contributed by atoms with Crippen molar-refractivity contribution >= 4 is 29.2 Å². The van der Waals surface area contributed by atoms with Crippen molar-refractivity contribution in [3.05, 3.63) is 24.3 Å². The monoisotopic (exact) mass is 290 g/mol. The van der Waals surface area contributed by atoms with Crippen LogP contribution in [-0.2, 0) is 9.59 Å². The second kappa shape index (κ2) is 6.25. The topological polar surface area (TPSA) is 105 Å². The van der Waals surface area contributed by atoms with Gasteiger partial charge in [-0.2, -0.15) is 0 Å². The molecule has 0 spiro atoms. The Balaban J connectivity index is 2.06. The van der Waals surface area contributed by atoms with Gasteiger partial charge in [0.1, 0.15) is 6.04 Å². The van der Waals surface area contributed by atoms with Crippen LogP contribution < -0.4 is 21.3 Å². The molecule has 7 heteroatoms. The molecule has 1 aliphatic heterocycles. The lowest BCUT2D eigenvalue weighted by atomic mass is 10.2. The third-order valence-electron chi connectivity index (χ3n) is 3.25. The summed E-state index contributed by atoms with van der Waals surface area (Å²) in [5, 5.41) is 4.98. The number of hydrogen-bond donors (Lipinski definition) is 3. The normalized spacial score (nSPS) is 15.7. The number of rotatable bonds is 4. The molecule has 1 aromatic carbocycles. The van der Waals surface area contributed by atoms with E-state index in [1.807, 2.05) is 6.07 Å². The first-order valence-electron chi connectivity index (χ1n) is 6.74. The molecule has 4 N–H and O–H groups in total. The Morgan fingerprint density at radius 3 is 2.76 bits per heavy atom. The molecule has 112 valence electrons. The van der Waals surface area contributed by atoms with Crippen molar-refractivity contribution in [3.8, 4) is 0 Å². The number of hydrogen-bond acceptors (Lipinski definition) is 3. The van der Waals surface area contributed by atoms with Crippen LogP contribution in [0.15, 0.2) is 24.3 Å². The molecule has 21 heavy (non-hydrogen) atoms. The van der Waals surface area contributed by atoms with Gasteiger partial charge in [0, 0.05) is 24.3 Å². The molecule has 1 heterocycles. The molecule has 0 aromatic heterocycles. The van der Waals surface area contributed by atoms with Crippen LogP contribution in [0.3, 0.4) is 0 Å². The Morgan fingerprint density at radius 2 is 2.14 bits per heavy atom. The van der Waals surface area contributed by atoms with Crippen LogP contribution in [0, 0.1) is 0 Å². The average molecular weight is 290 g/mol. The smallest absolute Gasteiger partial charge is 0.312 e. The lowest BCUT2D eigenvalue weighted by Crippen LogP contribution is -2.44. The minimum absolute atomic E-state index is 0.0854. The van der Waals surface area contributed by atoms with E-state index in [1.54, 1.807) is 23.1 Å². The number of nitrogens with zero attached hydrogens (tertiary/aromatic N) is 1. The summed E-state index contributed by atoms with van der Waals surface area (Å²) >= 11 is 0. The number of anilines is 2. The first-order valence-corrected chi connectivity index (χ1v) is 6.74. The average Bonchev–Trinajstić information content (AvgIpc) is 2.84. The molecule has 1 atom stereocenters. The van der Waals surface area contributed by atoms with Crippen molar-refractivity contribution in [2.45, 2.75) is 25.8 Å². The van der Waals surface area contributed by atoms with Crippen LogP contribution in [0.1, 0.15) is 19.8 Å². The van der Waals surface area contributed by atoms with Crippen molar-refractivity contribution < 1.29 is 14.4 Å². The van der Waals surface area contributed by atoms with Crippen LogP contribution in [0.25, 0.3) is 0 Å². The number of nitrogens with one attached hydrogen (secondary N) is 2. The van der Waals surface area contributed by atoms with Crippen LogP contribution in [0.2, 0.25) is 0 Å². The summed E-state index contributed by atoms with van der Waals surface area (Å²) in [4.78, 5) is 36.0. The zero-order valence-electron chi connectivity index (χ0n) is 11.8. The van der Waals surface area contributed by atoms with Crippen LogP contribution in [0.5, 0.6) is 0 Å². The summed E-state index contributed by atoms with van der Waals surface area (Å²) in [7, 11) is 0. The quantitative estimate of drug-likeness (QED) is 0.764. The third-order valence-corrected chi connectivity index (χ3v) is 3.25. The van der Waals surface area contributed by atoms with E-state index < -0.39 is 12.1 Å². The van der Waals surface area contributed by atoms with Gasteiger partial charge in [0.05, 0.1) is 0 Å². The van der Waals surface area contributed by atoms with Crippen LogP contribution >= 0.6 is 0 Å². The fourth-order valence-electron chi connectivity index (χ4n) is 2.20. The van der Waals surface area contributed by atoms with E-state index in [1.165, 1.54) is 6.92 Å². The zero-order valence-corrected chi connectivity index (χ0v) is 11.8. The molecular formula is C14H18N4O3. The molecule has 1 aliphatic rings. The van der Waals surface area contributed by atoms with Gasteiger partial charge in [0.2, 0.25) is 11.8 Å². The van der Waals surface area contributed by atoms with Crippen molar-refractivity contribution in [3.63, 3.8) is 0 Å². The van der Waals surface area contributed by atoms with Gasteiger partial charge in [0.25, 0.3) is 0 Å². The fourth-order valence-corrected chi connectivity index (χ4v) is 2.20. The van der Waals surface area contributed by atoms with Gasteiger partial charge in [-0.25, -0.2) is 4.79 Å². The Hall–Kier alpha value is -2.57. The van der Waals surface area contributed by atoms with Crippen LogP contribution in [-0.4, -0.2) is 30.4 Å². The van der Waals surface area contributed by atoms with Crippen LogP contribution in [0.4, 0.5) is 16.2 Å². The fraction of sp³-hybridized carbons (Fsp3) is 0.357. The minimum atomic E-state index is -0.755. The van der Waals surface area contributed by atoms with Gasteiger partial charge in [-0.3, -0.25) is 9.59 Å². The van der Waals surface area contributed by atoms with Crippen molar-refractivity contribution in [1.29, 1.82) is 0 Å². The molecular weight excluding hydrogens is 272 g/mol. The summed E-state index contributed by atoms with van der Waals surface area (Å²) in [5.74, 6) is -0.291. The zero-order chi connectivity index (χ0) is 15.4. The minimum Gasteiger partial charge on any atom is -0.352 e. The molecule has 0 aliphatic carbocycles. The summed E-state index contributed by atoms with van der Waals surface area (Å²) in [5.41, 5.74) is 6.29. The third kappa shape index (κ3) is 3.71. The number of carbonyl (C=O) groups is 3. The molecule has 1 fully saturated rings. The van der Waals surface area contributed by atoms with E-state index in [2.05, 4.69) is 10.6 Å². The lowest BCUT2D eigenvalue weighted by Gasteiger charge is -2.17. The van der Waals surface area contributed by atoms with E-state index in [4.69, 9.17) is 5.73 Å².